The van der Waals surface area contributed by atoms with Gasteiger partial charge in [-0.25, -0.2) is 4.79 Å². The SMILES string of the molecule is COc1cccc(OC)c1/C(O)=C1\C(=O)C(=O)N(Cc2ccc(C(=O)O)cc2)C1c1ccco1. The number of carboxylic acids is 1. The van der Waals surface area contributed by atoms with Crippen molar-refractivity contribution in [1.29, 1.82) is 0 Å². The van der Waals surface area contributed by atoms with E-state index in [2.05, 4.69) is 0 Å². The second-order valence-electron chi connectivity index (χ2n) is 7.48. The van der Waals surface area contributed by atoms with Crippen LogP contribution in [0, 0.1) is 0 Å². The van der Waals surface area contributed by atoms with Crippen molar-refractivity contribution < 1.29 is 38.5 Å². The smallest absolute Gasteiger partial charge is 0.335 e. The van der Waals surface area contributed by atoms with E-state index in [1.165, 1.54) is 37.5 Å². The Labute approximate surface area is 194 Å². The van der Waals surface area contributed by atoms with Crippen LogP contribution in [0.5, 0.6) is 11.5 Å². The van der Waals surface area contributed by atoms with Gasteiger partial charge in [0.1, 0.15) is 34.6 Å². The topological polar surface area (TPSA) is 127 Å². The number of Topliss-reactive ketones (excluding diaryl/α,β-unsaturated/α-hetero) is 1. The summed E-state index contributed by atoms with van der Waals surface area (Å²) in [6, 6.07) is 13.0. The fraction of sp³-hybridized carbons (Fsp3) is 0.160. The van der Waals surface area contributed by atoms with Gasteiger partial charge in [-0.3, -0.25) is 9.59 Å². The molecule has 1 fully saturated rings. The van der Waals surface area contributed by atoms with Gasteiger partial charge in [0.15, 0.2) is 0 Å². The van der Waals surface area contributed by atoms with Crippen molar-refractivity contribution in [3.8, 4) is 11.5 Å². The third kappa shape index (κ3) is 3.88. The Morgan fingerprint density at radius 1 is 0.971 bits per heavy atom. The molecule has 1 saturated heterocycles. The summed E-state index contributed by atoms with van der Waals surface area (Å²) in [5, 5.41) is 20.4. The van der Waals surface area contributed by atoms with Crippen LogP contribution in [-0.2, 0) is 16.1 Å². The average molecular weight is 463 g/mol. The van der Waals surface area contributed by atoms with E-state index in [1.54, 1.807) is 42.5 Å². The monoisotopic (exact) mass is 463 g/mol. The number of ether oxygens (including phenoxy) is 2. The van der Waals surface area contributed by atoms with Crippen molar-refractivity contribution in [2.75, 3.05) is 14.2 Å². The number of aliphatic hydroxyl groups excluding tert-OH is 1. The highest BCUT2D eigenvalue weighted by Gasteiger charge is 2.48. The number of amides is 1. The summed E-state index contributed by atoms with van der Waals surface area (Å²) in [5.41, 5.74) is 0.646. The summed E-state index contributed by atoms with van der Waals surface area (Å²) in [6.45, 7) is -0.0182. The Morgan fingerprint density at radius 3 is 2.15 bits per heavy atom. The summed E-state index contributed by atoms with van der Waals surface area (Å²) in [7, 11) is 2.82. The number of aromatic carboxylic acids is 1. The van der Waals surface area contributed by atoms with Crippen molar-refractivity contribution in [3.63, 3.8) is 0 Å². The minimum absolute atomic E-state index is 0.0182. The molecule has 0 bridgehead atoms. The number of furan rings is 1. The number of aliphatic hydroxyl groups is 1. The Kier molecular flexibility index (Phi) is 6.09. The Morgan fingerprint density at radius 2 is 1.62 bits per heavy atom. The lowest BCUT2D eigenvalue weighted by Crippen LogP contribution is -2.29. The van der Waals surface area contributed by atoms with E-state index in [0.717, 1.165) is 0 Å². The molecule has 4 rings (SSSR count). The number of methoxy groups -OCH3 is 2. The second-order valence-corrected chi connectivity index (χ2v) is 7.48. The van der Waals surface area contributed by atoms with Gasteiger partial charge < -0.3 is 29.0 Å². The van der Waals surface area contributed by atoms with Crippen LogP contribution in [0.2, 0.25) is 0 Å². The molecule has 1 aliphatic rings. The number of hydrogen-bond acceptors (Lipinski definition) is 7. The van der Waals surface area contributed by atoms with Gasteiger partial charge in [-0.05, 0) is 42.0 Å². The van der Waals surface area contributed by atoms with E-state index < -0.39 is 29.5 Å². The maximum absolute atomic E-state index is 13.2. The molecule has 34 heavy (non-hydrogen) atoms. The van der Waals surface area contributed by atoms with Crippen LogP contribution in [0.15, 0.2) is 70.9 Å². The van der Waals surface area contributed by atoms with Crippen molar-refractivity contribution in [2.24, 2.45) is 0 Å². The van der Waals surface area contributed by atoms with Crippen molar-refractivity contribution >= 4 is 23.4 Å². The molecular formula is C25H21NO8. The fourth-order valence-electron chi connectivity index (χ4n) is 3.95. The first-order valence-electron chi connectivity index (χ1n) is 10.2. The first-order chi connectivity index (χ1) is 16.4. The number of carbonyl (C=O) groups excluding carboxylic acids is 2. The minimum atomic E-state index is -1.08. The predicted molar refractivity (Wildman–Crippen MR) is 120 cm³/mol. The van der Waals surface area contributed by atoms with Crippen molar-refractivity contribution in [2.45, 2.75) is 12.6 Å². The highest BCUT2D eigenvalue weighted by atomic mass is 16.5. The van der Waals surface area contributed by atoms with Crippen LogP contribution in [0.25, 0.3) is 5.76 Å². The van der Waals surface area contributed by atoms with Gasteiger partial charge >= 0.3 is 5.97 Å². The van der Waals surface area contributed by atoms with Crippen LogP contribution >= 0.6 is 0 Å². The van der Waals surface area contributed by atoms with E-state index in [-0.39, 0.29) is 40.5 Å². The third-order valence-corrected chi connectivity index (χ3v) is 5.57. The van der Waals surface area contributed by atoms with Crippen LogP contribution in [-0.4, -0.2) is 47.0 Å². The molecule has 0 aliphatic carbocycles. The molecule has 0 saturated carbocycles. The molecular weight excluding hydrogens is 442 g/mol. The van der Waals surface area contributed by atoms with E-state index in [4.69, 9.17) is 19.0 Å². The van der Waals surface area contributed by atoms with E-state index >= 15 is 0 Å². The minimum Gasteiger partial charge on any atom is -0.506 e. The maximum atomic E-state index is 13.2. The molecule has 9 nitrogen and oxygen atoms in total. The predicted octanol–water partition coefficient (Wildman–Crippen LogP) is 3.62. The zero-order valence-corrected chi connectivity index (χ0v) is 18.3. The number of carbonyl (C=O) groups is 3. The first-order valence-corrected chi connectivity index (χ1v) is 10.2. The van der Waals surface area contributed by atoms with Gasteiger partial charge in [-0.2, -0.15) is 0 Å². The summed E-state index contributed by atoms with van der Waals surface area (Å²) in [5.74, 6) is -2.48. The lowest BCUT2D eigenvalue weighted by molar-refractivity contribution is -0.140. The van der Waals surface area contributed by atoms with Gasteiger partial charge in [0, 0.05) is 6.54 Å². The molecule has 0 radical (unpaired) electrons. The molecule has 1 unspecified atom stereocenters. The summed E-state index contributed by atoms with van der Waals surface area (Å²) < 4.78 is 16.2. The van der Waals surface area contributed by atoms with Crippen LogP contribution < -0.4 is 9.47 Å². The van der Waals surface area contributed by atoms with Crippen molar-refractivity contribution in [1.82, 2.24) is 4.90 Å². The second kappa shape index (κ2) is 9.14. The molecule has 1 atom stereocenters. The fourth-order valence-corrected chi connectivity index (χ4v) is 3.95. The normalized spacial score (nSPS) is 17.1. The Balaban J connectivity index is 1.85. The summed E-state index contributed by atoms with van der Waals surface area (Å²) >= 11 is 0. The van der Waals surface area contributed by atoms with E-state index in [0.29, 0.717) is 5.56 Å². The lowest BCUT2D eigenvalue weighted by atomic mass is 9.98. The molecule has 174 valence electrons. The molecule has 9 heteroatoms. The molecule has 2 aromatic carbocycles. The number of hydrogen-bond donors (Lipinski definition) is 2. The average Bonchev–Trinajstić information content (AvgIpc) is 3.46. The highest BCUT2D eigenvalue weighted by Crippen LogP contribution is 2.44. The van der Waals surface area contributed by atoms with Gasteiger partial charge in [0.25, 0.3) is 11.7 Å². The summed E-state index contributed by atoms with van der Waals surface area (Å²) in [4.78, 5) is 38.6. The molecule has 1 aliphatic heterocycles. The Hall–Kier alpha value is -4.53. The zero-order chi connectivity index (χ0) is 24.4. The maximum Gasteiger partial charge on any atom is 0.335 e. The first kappa shape index (κ1) is 22.7. The molecule has 3 aromatic rings. The number of nitrogens with zero attached hydrogens (tertiary/aromatic N) is 1. The third-order valence-electron chi connectivity index (χ3n) is 5.57. The van der Waals surface area contributed by atoms with Crippen LogP contribution in [0.1, 0.15) is 33.3 Å². The highest BCUT2D eigenvalue weighted by molar-refractivity contribution is 6.46. The standard InChI is InChI=1S/C25H21NO8/c1-32-16-5-3-6-17(33-2)19(16)22(27)20-21(18-7-4-12-34-18)26(24(29)23(20)28)13-14-8-10-15(11-9-14)25(30)31/h3-12,21,27H,13H2,1-2H3,(H,30,31)/b22-20+. The Bertz CT molecular complexity index is 1250. The molecule has 0 spiro atoms. The number of rotatable bonds is 7. The van der Waals surface area contributed by atoms with E-state index in [1.807, 2.05) is 0 Å². The van der Waals surface area contributed by atoms with Gasteiger partial charge in [-0.1, -0.05) is 18.2 Å². The number of ketones is 1. The van der Waals surface area contributed by atoms with Gasteiger partial charge in [0.05, 0.1) is 31.6 Å². The number of likely N-dealkylation sites (tertiary alicyclic amines) is 1. The molecule has 2 N–H and O–H groups in total. The van der Waals surface area contributed by atoms with Crippen molar-refractivity contribution in [3.05, 3.63) is 88.9 Å². The molecule has 2 heterocycles. The van der Waals surface area contributed by atoms with Gasteiger partial charge in [0.2, 0.25) is 0 Å². The molecule has 1 aromatic heterocycles. The quantitative estimate of drug-likeness (QED) is 0.309. The van der Waals surface area contributed by atoms with E-state index in [9.17, 15) is 19.5 Å². The molecule has 1 amide bonds. The van der Waals surface area contributed by atoms with Crippen LogP contribution in [0.3, 0.4) is 0 Å². The zero-order valence-electron chi connectivity index (χ0n) is 18.3. The number of carboxylic acid groups (broad SMARTS) is 1. The van der Waals surface area contributed by atoms with Gasteiger partial charge in [-0.15, -0.1) is 0 Å². The largest absolute Gasteiger partial charge is 0.506 e. The number of benzene rings is 2. The van der Waals surface area contributed by atoms with Crippen LogP contribution in [0.4, 0.5) is 0 Å². The summed E-state index contributed by atoms with van der Waals surface area (Å²) in [6.07, 6.45) is 1.40. The lowest BCUT2D eigenvalue weighted by Gasteiger charge is -2.23.